The number of halogens is 1. The van der Waals surface area contributed by atoms with Gasteiger partial charge >= 0.3 is 0 Å². The molecule has 0 atom stereocenters. The smallest absolute Gasteiger partial charge is 0.276 e. The predicted molar refractivity (Wildman–Crippen MR) is 94.6 cm³/mol. The van der Waals surface area contributed by atoms with E-state index in [2.05, 4.69) is 30.7 Å². The zero-order chi connectivity index (χ0) is 15.7. The summed E-state index contributed by atoms with van der Waals surface area (Å²) in [6, 6.07) is 8.19. The molecule has 0 aliphatic carbocycles. The molecule has 5 nitrogen and oxygen atoms in total. The van der Waals surface area contributed by atoms with Crippen LogP contribution in [0.3, 0.4) is 0 Å². The lowest BCUT2D eigenvalue weighted by Crippen LogP contribution is -2.26. The number of hydrogen-bond donors (Lipinski definition) is 1. The van der Waals surface area contributed by atoms with Gasteiger partial charge in [0.05, 0.1) is 4.90 Å². The third kappa shape index (κ3) is 4.21. The molecule has 122 valence electrons. The summed E-state index contributed by atoms with van der Waals surface area (Å²) >= 11 is 1.41. The van der Waals surface area contributed by atoms with E-state index >= 15 is 0 Å². The van der Waals surface area contributed by atoms with Crippen LogP contribution in [0.25, 0.3) is 0 Å². The van der Waals surface area contributed by atoms with Gasteiger partial charge in [-0.2, -0.15) is 13.2 Å². The molecule has 2 rings (SSSR count). The fourth-order valence-electron chi connectivity index (χ4n) is 1.90. The predicted octanol–water partition coefficient (Wildman–Crippen LogP) is 2.76. The fourth-order valence-corrected chi connectivity index (χ4v) is 3.87. The Bertz CT molecular complexity index is 787. The van der Waals surface area contributed by atoms with E-state index in [4.69, 9.17) is 0 Å². The summed E-state index contributed by atoms with van der Waals surface area (Å²) in [6.07, 6.45) is 0. The second kappa shape index (κ2) is 6.97. The van der Waals surface area contributed by atoms with Crippen molar-refractivity contribution in [3.8, 4) is 0 Å². The third-order valence-corrected chi connectivity index (χ3v) is 5.15. The van der Waals surface area contributed by atoms with Crippen LogP contribution < -0.4 is 9.63 Å². The largest absolute Gasteiger partial charge is 0.322 e. The van der Waals surface area contributed by atoms with Gasteiger partial charge in [-0.05, 0) is 12.1 Å². The molecule has 8 heteroatoms. The van der Waals surface area contributed by atoms with Gasteiger partial charge in [0, 0.05) is 23.5 Å². The number of aromatic nitrogens is 1. The highest BCUT2D eigenvalue weighted by Gasteiger charge is 2.18. The molecule has 0 radical (unpaired) electrons. The fraction of sp³-hybridized carbons (Fsp3) is 0.357. The Kier molecular flexibility index (Phi) is 6.00. The Morgan fingerprint density at radius 1 is 1.18 bits per heavy atom. The van der Waals surface area contributed by atoms with Crippen molar-refractivity contribution < 1.29 is 8.42 Å². The van der Waals surface area contributed by atoms with Gasteiger partial charge in [-0.15, -0.1) is 33.4 Å². The van der Waals surface area contributed by atoms with Crippen molar-refractivity contribution in [3.63, 3.8) is 0 Å². The summed E-state index contributed by atoms with van der Waals surface area (Å²) in [6.45, 7) is 6.31. The Hall–Kier alpha value is -1.12. The lowest BCUT2D eigenvalue weighted by atomic mass is 9.93. The summed E-state index contributed by atoms with van der Waals surface area (Å²) in [5.74, 6) is 0. The number of nitrogens with zero attached hydrogens (tertiary/aromatic N) is 2. The molecule has 22 heavy (non-hydrogen) atoms. The van der Waals surface area contributed by atoms with Gasteiger partial charge in [0.15, 0.2) is 0 Å². The van der Waals surface area contributed by atoms with Crippen LogP contribution in [0.1, 0.15) is 26.5 Å². The minimum absolute atomic E-state index is 0. The standard InChI is InChI=1S/C14H19N3O2S2.BrH/c1-14(2,3)12-10-20-13(17(12)4)15-16-21(18,19)11-8-6-5-7-9-11;/h5-10,16H,1-4H3;1H/b15-13-;. The molecule has 0 bridgehead atoms. The SMILES string of the molecule is Br.Cn1c(C(C)(C)C)cs/c1=N\NS(=O)(=O)c1ccccc1. The van der Waals surface area contributed by atoms with E-state index in [-0.39, 0.29) is 27.3 Å². The third-order valence-electron chi connectivity index (χ3n) is 3.01. The van der Waals surface area contributed by atoms with Crippen molar-refractivity contribution in [2.24, 2.45) is 12.1 Å². The minimum Gasteiger partial charge on any atom is -0.322 e. The summed E-state index contributed by atoms with van der Waals surface area (Å²) in [4.78, 5) is 3.09. The molecule has 1 aromatic carbocycles. The molecule has 0 saturated carbocycles. The van der Waals surface area contributed by atoms with Crippen molar-refractivity contribution in [1.29, 1.82) is 0 Å². The first kappa shape index (κ1) is 18.9. The van der Waals surface area contributed by atoms with Crippen molar-refractivity contribution in [2.45, 2.75) is 31.1 Å². The van der Waals surface area contributed by atoms with E-state index in [0.717, 1.165) is 5.69 Å². The van der Waals surface area contributed by atoms with Gasteiger partial charge in [-0.1, -0.05) is 39.0 Å². The van der Waals surface area contributed by atoms with Crippen molar-refractivity contribution >= 4 is 38.3 Å². The second-order valence-electron chi connectivity index (χ2n) is 5.73. The van der Waals surface area contributed by atoms with Crippen molar-refractivity contribution in [2.75, 3.05) is 0 Å². The second-order valence-corrected chi connectivity index (χ2v) is 8.23. The number of thiazole rings is 1. The highest BCUT2D eigenvalue weighted by atomic mass is 79.9. The summed E-state index contributed by atoms with van der Waals surface area (Å²) in [7, 11) is -1.74. The van der Waals surface area contributed by atoms with Gasteiger partial charge < -0.3 is 4.57 Å². The molecule has 0 saturated heterocycles. The Labute approximate surface area is 145 Å². The summed E-state index contributed by atoms with van der Waals surface area (Å²) < 4.78 is 26.1. The molecule has 1 aromatic heterocycles. The van der Waals surface area contributed by atoms with Crippen LogP contribution in [0.5, 0.6) is 0 Å². The summed E-state index contributed by atoms with van der Waals surface area (Å²) in [5, 5.41) is 6.03. The zero-order valence-electron chi connectivity index (χ0n) is 12.9. The number of nitrogens with one attached hydrogen (secondary N) is 1. The van der Waals surface area contributed by atoms with Crippen molar-refractivity contribution in [1.82, 2.24) is 9.40 Å². The molecule has 0 aliphatic rings. The van der Waals surface area contributed by atoms with E-state index in [0.29, 0.717) is 4.80 Å². The number of hydrogen-bond acceptors (Lipinski definition) is 4. The Morgan fingerprint density at radius 2 is 1.77 bits per heavy atom. The van der Waals surface area contributed by atoms with E-state index in [1.807, 2.05) is 17.0 Å². The highest BCUT2D eigenvalue weighted by Crippen LogP contribution is 2.21. The quantitative estimate of drug-likeness (QED) is 0.797. The van der Waals surface area contributed by atoms with Gasteiger partial charge in [-0.25, -0.2) is 0 Å². The zero-order valence-corrected chi connectivity index (χ0v) is 16.2. The van der Waals surface area contributed by atoms with Gasteiger partial charge in [-0.3, -0.25) is 0 Å². The lowest BCUT2D eigenvalue weighted by molar-refractivity contribution is 0.535. The molecule has 0 unspecified atom stereocenters. The van der Waals surface area contributed by atoms with Crippen LogP contribution in [0.2, 0.25) is 0 Å². The minimum atomic E-state index is -3.62. The molecule has 0 spiro atoms. The van der Waals surface area contributed by atoms with Crippen LogP contribution in [-0.4, -0.2) is 13.0 Å². The average Bonchev–Trinajstić information content (AvgIpc) is 2.79. The first-order valence-electron chi connectivity index (χ1n) is 6.47. The van der Waals surface area contributed by atoms with Crippen LogP contribution >= 0.6 is 28.3 Å². The number of benzene rings is 1. The molecule has 2 aromatic rings. The molecular formula is C14H20BrN3O2S2. The topological polar surface area (TPSA) is 63.5 Å². The van der Waals surface area contributed by atoms with Crippen LogP contribution in [0.15, 0.2) is 45.7 Å². The van der Waals surface area contributed by atoms with E-state index in [1.165, 1.54) is 23.5 Å². The van der Waals surface area contributed by atoms with E-state index in [9.17, 15) is 8.42 Å². The van der Waals surface area contributed by atoms with Gasteiger partial charge in [0.1, 0.15) is 0 Å². The normalized spacial score (nSPS) is 12.8. The molecule has 0 aliphatic heterocycles. The molecule has 0 fully saturated rings. The molecule has 0 amide bonds. The first-order chi connectivity index (χ1) is 9.72. The maximum atomic E-state index is 12.1. The van der Waals surface area contributed by atoms with Gasteiger partial charge in [0.2, 0.25) is 4.80 Å². The van der Waals surface area contributed by atoms with Crippen LogP contribution in [0.4, 0.5) is 0 Å². The monoisotopic (exact) mass is 405 g/mol. The maximum absolute atomic E-state index is 12.1. The molecular weight excluding hydrogens is 386 g/mol. The lowest BCUT2D eigenvalue weighted by Gasteiger charge is -2.18. The Morgan fingerprint density at radius 3 is 2.27 bits per heavy atom. The maximum Gasteiger partial charge on any atom is 0.276 e. The Balaban J connectivity index is 0.00000242. The van der Waals surface area contributed by atoms with Crippen molar-refractivity contribution in [3.05, 3.63) is 46.2 Å². The van der Waals surface area contributed by atoms with E-state index < -0.39 is 10.0 Å². The van der Waals surface area contributed by atoms with Gasteiger partial charge in [0.25, 0.3) is 10.0 Å². The van der Waals surface area contributed by atoms with Crippen LogP contribution in [0, 0.1) is 0 Å². The molecule has 1 N–H and O–H groups in total. The molecule has 1 heterocycles. The van der Waals surface area contributed by atoms with Crippen LogP contribution in [-0.2, 0) is 22.5 Å². The number of rotatable bonds is 3. The van der Waals surface area contributed by atoms with E-state index in [1.54, 1.807) is 18.2 Å². The summed E-state index contributed by atoms with van der Waals surface area (Å²) in [5.41, 5.74) is 1.09. The first-order valence-corrected chi connectivity index (χ1v) is 8.84. The number of sulfonamides is 1. The highest BCUT2D eigenvalue weighted by molar-refractivity contribution is 8.93. The average molecular weight is 406 g/mol.